The number of nitrogens with zero attached hydrogens (tertiary/aromatic N) is 1. The number of nitrogens with one attached hydrogen (secondary N) is 1. The van der Waals surface area contributed by atoms with E-state index in [-0.39, 0.29) is 12.0 Å². The average Bonchev–Trinajstić information content (AvgIpc) is 2.43. The molecule has 118 valence electrons. The summed E-state index contributed by atoms with van der Waals surface area (Å²) in [7, 11) is 2.19. The number of hydrogen-bond acceptors (Lipinski definition) is 4. The first-order valence-electron chi connectivity index (χ1n) is 8.17. The first kappa shape index (κ1) is 17.4. The topological polar surface area (TPSA) is 41.6 Å². The van der Waals surface area contributed by atoms with Crippen LogP contribution in [0.15, 0.2) is 0 Å². The Morgan fingerprint density at radius 3 is 2.50 bits per heavy atom. The van der Waals surface area contributed by atoms with Crippen LogP contribution >= 0.6 is 0 Å². The molecule has 0 heterocycles. The minimum absolute atomic E-state index is 0.113. The van der Waals surface area contributed by atoms with Crippen LogP contribution in [-0.4, -0.2) is 49.2 Å². The van der Waals surface area contributed by atoms with Crippen LogP contribution in [0, 0.1) is 0 Å². The third-order valence-electron chi connectivity index (χ3n) is 4.07. The average molecular weight is 284 g/mol. The van der Waals surface area contributed by atoms with Crippen LogP contribution in [0.1, 0.15) is 59.3 Å². The van der Waals surface area contributed by atoms with Crippen molar-refractivity contribution in [2.45, 2.75) is 77.4 Å². The van der Waals surface area contributed by atoms with Gasteiger partial charge in [0.15, 0.2) is 0 Å². The van der Waals surface area contributed by atoms with Gasteiger partial charge < -0.3 is 15.0 Å². The molecule has 0 aliphatic heterocycles. The zero-order chi connectivity index (χ0) is 15.0. The molecule has 0 spiro atoms. The Kier molecular flexibility index (Phi) is 8.15. The van der Waals surface area contributed by atoms with Gasteiger partial charge >= 0.3 is 5.97 Å². The van der Waals surface area contributed by atoms with Gasteiger partial charge in [0.1, 0.15) is 6.04 Å². The molecule has 0 amide bonds. The third-order valence-corrected chi connectivity index (χ3v) is 4.07. The van der Waals surface area contributed by atoms with E-state index in [1.165, 1.54) is 32.1 Å². The Morgan fingerprint density at radius 2 is 1.95 bits per heavy atom. The molecule has 1 atom stereocenters. The van der Waals surface area contributed by atoms with Crippen LogP contribution < -0.4 is 5.32 Å². The summed E-state index contributed by atoms with van der Waals surface area (Å²) in [6.07, 6.45) is 7.51. The van der Waals surface area contributed by atoms with Crippen molar-refractivity contribution in [1.29, 1.82) is 0 Å². The second-order valence-corrected chi connectivity index (χ2v) is 6.19. The van der Waals surface area contributed by atoms with E-state index >= 15 is 0 Å². The van der Waals surface area contributed by atoms with Crippen molar-refractivity contribution in [1.82, 2.24) is 10.2 Å². The van der Waals surface area contributed by atoms with Crippen molar-refractivity contribution >= 4 is 5.97 Å². The van der Waals surface area contributed by atoms with Crippen LogP contribution in [0.4, 0.5) is 0 Å². The Bertz CT molecular complexity index is 276. The molecule has 1 unspecified atom stereocenters. The summed E-state index contributed by atoms with van der Waals surface area (Å²) in [6.45, 7) is 7.40. The van der Waals surface area contributed by atoms with Crippen molar-refractivity contribution in [3.8, 4) is 0 Å². The zero-order valence-corrected chi connectivity index (χ0v) is 13.7. The van der Waals surface area contributed by atoms with E-state index in [0.717, 1.165) is 13.0 Å². The molecule has 1 N–H and O–H groups in total. The fraction of sp³-hybridized carbons (Fsp3) is 0.938. The van der Waals surface area contributed by atoms with Crippen LogP contribution in [0.3, 0.4) is 0 Å². The van der Waals surface area contributed by atoms with Crippen molar-refractivity contribution in [3.05, 3.63) is 0 Å². The summed E-state index contributed by atoms with van der Waals surface area (Å²) in [5, 5.41) is 3.32. The molecule has 0 aromatic rings. The van der Waals surface area contributed by atoms with E-state index in [1.807, 2.05) is 6.92 Å². The highest BCUT2D eigenvalue weighted by Gasteiger charge is 2.23. The second kappa shape index (κ2) is 9.35. The fourth-order valence-corrected chi connectivity index (χ4v) is 2.95. The van der Waals surface area contributed by atoms with E-state index in [4.69, 9.17) is 4.74 Å². The molecule has 0 aromatic heterocycles. The first-order valence-corrected chi connectivity index (χ1v) is 8.17. The third kappa shape index (κ3) is 6.23. The van der Waals surface area contributed by atoms with Crippen molar-refractivity contribution in [2.75, 3.05) is 20.2 Å². The predicted molar refractivity (Wildman–Crippen MR) is 82.8 cm³/mol. The van der Waals surface area contributed by atoms with E-state index in [2.05, 4.69) is 31.1 Å². The van der Waals surface area contributed by atoms with Gasteiger partial charge in [-0.1, -0.05) is 33.1 Å². The lowest BCUT2D eigenvalue weighted by Crippen LogP contribution is -2.45. The van der Waals surface area contributed by atoms with Crippen LogP contribution in [0.5, 0.6) is 0 Å². The van der Waals surface area contributed by atoms with Gasteiger partial charge in [0.2, 0.25) is 0 Å². The first-order chi connectivity index (χ1) is 9.54. The molecular weight excluding hydrogens is 252 g/mol. The number of carbonyl (C=O) groups excluding carboxylic acids is 1. The van der Waals surface area contributed by atoms with Crippen LogP contribution in [0.25, 0.3) is 0 Å². The summed E-state index contributed by atoms with van der Waals surface area (Å²) in [5.74, 6) is -0.113. The monoisotopic (exact) mass is 284 g/mol. The standard InChI is InChI=1S/C16H32N2O2/c1-5-20-16(19)15(17-13(2)3)11-12-18(4)14-9-7-6-8-10-14/h13-15,17H,5-12H2,1-4H3. The second-order valence-electron chi connectivity index (χ2n) is 6.19. The molecule has 0 aromatic carbocycles. The fourth-order valence-electron chi connectivity index (χ4n) is 2.95. The van der Waals surface area contributed by atoms with Gasteiger partial charge in [-0.25, -0.2) is 0 Å². The zero-order valence-electron chi connectivity index (χ0n) is 13.7. The van der Waals surface area contributed by atoms with Gasteiger partial charge in [-0.05, 0) is 33.2 Å². The maximum absolute atomic E-state index is 12.0. The Morgan fingerprint density at radius 1 is 1.30 bits per heavy atom. The number of ether oxygens (including phenoxy) is 1. The van der Waals surface area contributed by atoms with Gasteiger partial charge in [0.05, 0.1) is 6.61 Å². The largest absolute Gasteiger partial charge is 0.465 e. The predicted octanol–water partition coefficient (Wildman–Crippen LogP) is 2.57. The van der Waals surface area contributed by atoms with Gasteiger partial charge in [-0.2, -0.15) is 0 Å². The molecular formula is C16H32N2O2. The highest BCUT2D eigenvalue weighted by molar-refractivity contribution is 5.75. The number of carbonyl (C=O) groups is 1. The van der Waals surface area contributed by atoms with E-state index in [0.29, 0.717) is 18.7 Å². The molecule has 0 bridgehead atoms. The minimum atomic E-state index is -0.180. The van der Waals surface area contributed by atoms with Gasteiger partial charge in [0, 0.05) is 18.6 Å². The summed E-state index contributed by atoms with van der Waals surface area (Å²) in [5.41, 5.74) is 0. The molecule has 1 rings (SSSR count). The maximum Gasteiger partial charge on any atom is 0.323 e. The molecule has 1 saturated carbocycles. The number of hydrogen-bond donors (Lipinski definition) is 1. The van der Waals surface area contributed by atoms with Crippen molar-refractivity contribution in [2.24, 2.45) is 0 Å². The molecule has 4 heteroatoms. The maximum atomic E-state index is 12.0. The lowest BCUT2D eigenvalue weighted by Gasteiger charge is -2.32. The van der Waals surface area contributed by atoms with Crippen LogP contribution in [-0.2, 0) is 9.53 Å². The Hall–Kier alpha value is -0.610. The number of rotatable bonds is 8. The van der Waals surface area contributed by atoms with Crippen molar-refractivity contribution < 1.29 is 9.53 Å². The summed E-state index contributed by atoms with van der Waals surface area (Å²) in [6, 6.07) is 0.816. The van der Waals surface area contributed by atoms with E-state index in [1.54, 1.807) is 0 Å². The van der Waals surface area contributed by atoms with Gasteiger partial charge in [-0.3, -0.25) is 4.79 Å². The molecule has 1 fully saturated rings. The smallest absolute Gasteiger partial charge is 0.323 e. The molecule has 0 radical (unpaired) electrons. The van der Waals surface area contributed by atoms with Crippen molar-refractivity contribution in [3.63, 3.8) is 0 Å². The minimum Gasteiger partial charge on any atom is -0.465 e. The van der Waals surface area contributed by atoms with Gasteiger partial charge in [-0.15, -0.1) is 0 Å². The SMILES string of the molecule is CCOC(=O)C(CCN(C)C1CCCCC1)NC(C)C. The molecule has 1 aliphatic carbocycles. The number of esters is 1. The Labute approximate surface area is 124 Å². The molecule has 4 nitrogen and oxygen atoms in total. The van der Waals surface area contributed by atoms with Crippen LogP contribution in [0.2, 0.25) is 0 Å². The molecule has 1 aliphatic rings. The molecule has 20 heavy (non-hydrogen) atoms. The lowest BCUT2D eigenvalue weighted by atomic mass is 9.94. The highest BCUT2D eigenvalue weighted by Crippen LogP contribution is 2.21. The molecule has 0 saturated heterocycles. The highest BCUT2D eigenvalue weighted by atomic mass is 16.5. The summed E-state index contributed by atoms with van der Waals surface area (Å²) >= 11 is 0. The summed E-state index contributed by atoms with van der Waals surface area (Å²) < 4.78 is 5.16. The Balaban J connectivity index is 2.41. The van der Waals surface area contributed by atoms with E-state index < -0.39 is 0 Å². The normalized spacial score (nSPS) is 18.5. The van der Waals surface area contributed by atoms with E-state index in [9.17, 15) is 4.79 Å². The lowest BCUT2D eigenvalue weighted by molar-refractivity contribution is -0.146. The quantitative estimate of drug-likeness (QED) is 0.696. The van der Waals surface area contributed by atoms with Gasteiger partial charge in [0.25, 0.3) is 0 Å². The summed E-state index contributed by atoms with van der Waals surface area (Å²) in [4.78, 5) is 14.4.